The van der Waals surface area contributed by atoms with Crippen molar-refractivity contribution in [3.8, 4) is 0 Å². The summed E-state index contributed by atoms with van der Waals surface area (Å²) in [5, 5.41) is 5.75. The van der Waals surface area contributed by atoms with E-state index < -0.39 is 0 Å². The minimum absolute atomic E-state index is 0.980. The number of hydrogen-bond donors (Lipinski definition) is 1. The van der Waals surface area contributed by atoms with Crippen molar-refractivity contribution < 1.29 is 0 Å². The summed E-state index contributed by atoms with van der Waals surface area (Å²) in [6, 6.07) is 18.9. The lowest BCUT2D eigenvalue weighted by Gasteiger charge is -2.01. The van der Waals surface area contributed by atoms with Crippen LogP contribution in [0.15, 0.2) is 64.5 Å². The minimum atomic E-state index is 0.980. The number of hydrogen-bond acceptors (Lipinski definition) is 3. The molecule has 0 aliphatic carbocycles. The van der Waals surface area contributed by atoms with E-state index in [-0.39, 0.29) is 0 Å². The van der Waals surface area contributed by atoms with Crippen LogP contribution in [0, 0.1) is 6.92 Å². The van der Waals surface area contributed by atoms with E-state index in [9.17, 15) is 0 Å². The van der Waals surface area contributed by atoms with Gasteiger partial charge in [-0.25, -0.2) is 4.98 Å². The number of benzene rings is 2. The van der Waals surface area contributed by atoms with E-state index >= 15 is 0 Å². The highest BCUT2D eigenvalue weighted by Crippen LogP contribution is 2.41. The van der Waals surface area contributed by atoms with Gasteiger partial charge in [0.2, 0.25) is 0 Å². The normalized spacial score (nSPS) is 15.2. The maximum atomic E-state index is 4.69. The molecule has 21 heavy (non-hydrogen) atoms. The van der Waals surface area contributed by atoms with Crippen LogP contribution in [0.1, 0.15) is 11.3 Å². The third kappa shape index (κ3) is 2.41. The quantitative estimate of drug-likeness (QED) is 0.678. The number of aryl methyl sites for hydroxylation is 1. The third-order valence-electron chi connectivity index (χ3n) is 3.51. The van der Waals surface area contributed by atoms with Crippen molar-refractivity contribution in [2.45, 2.75) is 11.8 Å². The molecule has 0 saturated carbocycles. The highest BCUT2D eigenvalue weighted by molar-refractivity contribution is 8.03. The Kier molecular flexibility index (Phi) is 2.93. The lowest BCUT2D eigenvalue weighted by molar-refractivity contribution is 1.36. The van der Waals surface area contributed by atoms with E-state index in [0.29, 0.717) is 0 Å². The SMILES string of the molecule is Cc1ccc2c(c1)NC(=Cc1ccc3ccccc3n1)S2. The Hall–Kier alpha value is -2.26. The summed E-state index contributed by atoms with van der Waals surface area (Å²) < 4.78 is 0. The number of aromatic nitrogens is 1. The van der Waals surface area contributed by atoms with E-state index in [1.54, 1.807) is 11.8 Å². The molecule has 0 fully saturated rings. The zero-order valence-corrected chi connectivity index (χ0v) is 12.4. The molecule has 0 unspecified atom stereocenters. The zero-order valence-electron chi connectivity index (χ0n) is 11.6. The molecule has 3 heteroatoms. The molecule has 1 aliphatic rings. The Morgan fingerprint density at radius 2 is 1.95 bits per heavy atom. The highest BCUT2D eigenvalue weighted by Gasteiger charge is 2.15. The first-order valence-corrected chi connectivity index (χ1v) is 7.73. The van der Waals surface area contributed by atoms with Crippen molar-refractivity contribution >= 4 is 34.4 Å². The molecule has 2 aromatic carbocycles. The highest BCUT2D eigenvalue weighted by atomic mass is 32.2. The van der Waals surface area contributed by atoms with Crippen LogP contribution in [0.5, 0.6) is 0 Å². The summed E-state index contributed by atoms with van der Waals surface area (Å²) in [5.74, 6) is 0. The first-order valence-electron chi connectivity index (χ1n) is 6.91. The molecule has 0 atom stereocenters. The van der Waals surface area contributed by atoms with Gasteiger partial charge < -0.3 is 5.32 Å². The molecule has 0 amide bonds. The molecule has 3 aromatic rings. The molecule has 0 bridgehead atoms. The zero-order chi connectivity index (χ0) is 14.2. The fraction of sp³-hybridized carbons (Fsp3) is 0.0556. The molecule has 2 nitrogen and oxygen atoms in total. The van der Waals surface area contributed by atoms with Gasteiger partial charge in [-0.1, -0.05) is 42.1 Å². The number of nitrogens with zero attached hydrogens (tertiary/aromatic N) is 1. The Morgan fingerprint density at radius 3 is 2.90 bits per heavy atom. The van der Waals surface area contributed by atoms with E-state index in [1.807, 2.05) is 18.2 Å². The van der Waals surface area contributed by atoms with Crippen molar-refractivity contribution in [1.82, 2.24) is 4.98 Å². The van der Waals surface area contributed by atoms with Gasteiger partial charge in [0, 0.05) is 10.3 Å². The predicted octanol–water partition coefficient (Wildman–Crippen LogP) is 5.06. The Morgan fingerprint density at radius 1 is 1.05 bits per heavy atom. The van der Waals surface area contributed by atoms with Crippen LogP contribution in [0.2, 0.25) is 0 Å². The van der Waals surface area contributed by atoms with E-state index in [0.717, 1.165) is 16.2 Å². The molecule has 2 heterocycles. The third-order valence-corrected chi connectivity index (χ3v) is 4.53. The van der Waals surface area contributed by atoms with E-state index in [1.165, 1.54) is 21.5 Å². The maximum Gasteiger partial charge on any atom is 0.0796 e. The number of pyridine rings is 1. The lowest BCUT2D eigenvalue weighted by Crippen LogP contribution is -1.90. The molecule has 0 saturated heterocycles. The number of anilines is 1. The van der Waals surface area contributed by atoms with Crippen molar-refractivity contribution in [3.63, 3.8) is 0 Å². The molecule has 1 N–H and O–H groups in total. The number of thioether (sulfide) groups is 1. The minimum Gasteiger partial charge on any atom is -0.349 e. The Bertz CT molecular complexity index is 868. The van der Waals surface area contributed by atoms with Crippen LogP contribution >= 0.6 is 11.8 Å². The van der Waals surface area contributed by atoms with Crippen LogP contribution < -0.4 is 5.32 Å². The van der Waals surface area contributed by atoms with Crippen molar-refractivity contribution in [1.29, 1.82) is 0 Å². The average Bonchev–Trinajstić information content (AvgIpc) is 2.88. The lowest BCUT2D eigenvalue weighted by atomic mass is 10.2. The summed E-state index contributed by atoms with van der Waals surface area (Å²) >= 11 is 1.76. The van der Waals surface area contributed by atoms with Crippen molar-refractivity contribution in [2.75, 3.05) is 5.32 Å². The molecule has 1 aromatic heterocycles. The summed E-state index contributed by atoms with van der Waals surface area (Å²) in [5.41, 5.74) is 4.47. The monoisotopic (exact) mass is 290 g/mol. The summed E-state index contributed by atoms with van der Waals surface area (Å²) in [6.45, 7) is 2.11. The van der Waals surface area contributed by atoms with Crippen molar-refractivity contribution in [3.05, 3.63) is 70.9 Å². The fourth-order valence-electron chi connectivity index (χ4n) is 2.47. The van der Waals surface area contributed by atoms with Crippen LogP contribution in [0.25, 0.3) is 17.0 Å². The largest absolute Gasteiger partial charge is 0.349 e. The Labute approximate surface area is 127 Å². The Balaban J connectivity index is 1.68. The first kappa shape index (κ1) is 12.5. The van der Waals surface area contributed by atoms with Gasteiger partial charge >= 0.3 is 0 Å². The second kappa shape index (κ2) is 4.93. The summed E-state index contributed by atoms with van der Waals surface area (Å²) in [6.07, 6.45) is 2.10. The van der Waals surface area contributed by atoms with Gasteiger partial charge in [-0.15, -0.1) is 0 Å². The fourth-order valence-corrected chi connectivity index (χ4v) is 3.40. The van der Waals surface area contributed by atoms with Crippen LogP contribution in [0.3, 0.4) is 0 Å². The van der Waals surface area contributed by atoms with Gasteiger partial charge in [0.1, 0.15) is 0 Å². The number of fused-ring (bicyclic) bond motifs is 2. The molecule has 0 radical (unpaired) electrons. The maximum absolute atomic E-state index is 4.69. The summed E-state index contributed by atoms with van der Waals surface area (Å²) in [4.78, 5) is 5.96. The van der Waals surface area contributed by atoms with Gasteiger partial charge in [-0.3, -0.25) is 0 Å². The van der Waals surface area contributed by atoms with Gasteiger partial charge in [-0.2, -0.15) is 0 Å². The van der Waals surface area contributed by atoms with Crippen LogP contribution in [-0.2, 0) is 0 Å². The van der Waals surface area contributed by atoms with Gasteiger partial charge in [0.25, 0.3) is 0 Å². The first-order chi connectivity index (χ1) is 10.3. The predicted molar refractivity (Wildman–Crippen MR) is 90.4 cm³/mol. The van der Waals surface area contributed by atoms with E-state index in [2.05, 4.69) is 59.7 Å². The van der Waals surface area contributed by atoms with Crippen molar-refractivity contribution in [2.24, 2.45) is 0 Å². The topological polar surface area (TPSA) is 24.9 Å². The summed E-state index contributed by atoms with van der Waals surface area (Å²) in [7, 11) is 0. The molecule has 1 aliphatic heterocycles. The number of para-hydroxylation sites is 1. The van der Waals surface area contributed by atoms with Gasteiger partial charge in [0.15, 0.2) is 0 Å². The molecular formula is C18H14N2S. The van der Waals surface area contributed by atoms with E-state index in [4.69, 9.17) is 0 Å². The average molecular weight is 290 g/mol. The smallest absolute Gasteiger partial charge is 0.0796 e. The molecule has 4 rings (SSSR count). The van der Waals surface area contributed by atoms with Crippen LogP contribution in [-0.4, -0.2) is 4.98 Å². The molecule has 0 spiro atoms. The number of rotatable bonds is 1. The molecule has 102 valence electrons. The van der Waals surface area contributed by atoms with Gasteiger partial charge in [0.05, 0.1) is 21.9 Å². The number of nitrogens with one attached hydrogen (secondary N) is 1. The van der Waals surface area contributed by atoms with Gasteiger partial charge in [-0.05, 0) is 42.8 Å². The standard InChI is InChI=1S/C18H14N2S/c1-12-6-9-17-16(10-12)20-18(21-17)11-14-8-7-13-4-2-3-5-15(13)19-14/h2-11,20H,1H3. The molecular weight excluding hydrogens is 276 g/mol. The second-order valence-electron chi connectivity index (χ2n) is 5.16. The second-order valence-corrected chi connectivity index (χ2v) is 6.25. The van der Waals surface area contributed by atoms with Crippen LogP contribution in [0.4, 0.5) is 5.69 Å².